The Kier molecular flexibility index (Phi) is 4.54. The van der Waals surface area contributed by atoms with Crippen LogP contribution in [0.2, 0.25) is 0 Å². The maximum absolute atomic E-state index is 13.3. The molecule has 1 amide bonds. The van der Waals surface area contributed by atoms with Crippen LogP contribution in [-0.4, -0.2) is 43.2 Å². The number of carbonyl (C=O) groups is 1. The summed E-state index contributed by atoms with van der Waals surface area (Å²) in [6.07, 6.45) is -3.68. The molecule has 2 aliphatic rings. The number of hydrogen-bond acceptors (Lipinski definition) is 5. The van der Waals surface area contributed by atoms with Gasteiger partial charge in [0.05, 0.1) is 5.69 Å². The van der Waals surface area contributed by atoms with Gasteiger partial charge in [-0.2, -0.15) is 18.3 Å². The van der Waals surface area contributed by atoms with Crippen LogP contribution in [-0.2, 0) is 12.7 Å². The van der Waals surface area contributed by atoms with Crippen LogP contribution in [0.3, 0.4) is 0 Å². The van der Waals surface area contributed by atoms with Crippen molar-refractivity contribution in [3.8, 4) is 5.13 Å². The average Bonchev–Trinajstić information content (AvgIpc) is 3.34. The summed E-state index contributed by atoms with van der Waals surface area (Å²) in [5, 5.41) is 5.37. The van der Waals surface area contributed by atoms with Gasteiger partial charge in [-0.15, -0.1) is 11.3 Å². The van der Waals surface area contributed by atoms with E-state index in [4.69, 9.17) is 0 Å². The molecule has 7 nitrogen and oxygen atoms in total. The van der Waals surface area contributed by atoms with Gasteiger partial charge in [0.15, 0.2) is 5.69 Å². The number of piperidine rings is 1. The molecule has 0 spiro atoms. The highest BCUT2D eigenvalue weighted by atomic mass is 32.1. The summed E-state index contributed by atoms with van der Waals surface area (Å²) in [6.45, 7) is 2.96. The molecule has 2 aliphatic heterocycles. The number of aromatic nitrogens is 4. The summed E-state index contributed by atoms with van der Waals surface area (Å²) >= 11 is 0.947. The van der Waals surface area contributed by atoms with Crippen LogP contribution >= 0.6 is 11.3 Å². The lowest BCUT2D eigenvalue weighted by Crippen LogP contribution is -2.49. The number of aryl methyl sites for hydroxylation is 1. The third kappa shape index (κ3) is 3.46. The van der Waals surface area contributed by atoms with E-state index in [0.29, 0.717) is 19.6 Å². The Morgan fingerprint density at radius 1 is 1.23 bits per heavy atom. The van der Waals surface area contributed by atoms with Gasteiger partial charge in [0.2, 0.25) is 5.13 Å². The molecule has 3 aromatic rings. The molecule has 0 N–H and O–H groups in total. The molecular weight excluding hydrogens is 431 g/mol. The molecule has 0 aliphatic carbocycles. The molecule has 0 saturated carbocycles. The van der Waals surface area contributed by atoms with E-state index in [-0.39, 0.29) is 39.8 Å². The van der Waals surface area contributed by atoms with Crippen LogP contribution in [0.25, 0.3) is 5.13 Å². The zero-order valence-electron chi connectivity index (χ0n) is 16.5. The second-order valence-electron chi connectivity index (χ2n) is 8.00. The molecule has 1 fully saturated rings. The fraction of sp³-hybridized carbons (Fsp3) is 0.400. The molecule has 3 aromatic heterocycles. The Morgan fingerprint density at radius 2 is 2.03 bits per heavy atom. The van der Waals surface area contributed by atoms with E-state index >= 15 is 0 Å². The molecular formula is C20H18F3N5O2S. The van der Waals surface area contributed by atoms with Gasteiger partial charge in [-0.25, -0.2) is 9.67 Å². The third-order valence-corrected chi connectivity index (χ3v) is 6.60. The Hall–Kier alpha value is -2.95. The van der Waals surface area contributed by atoms with Crippen molar-refractivity contribution < 1.29 is 18.0 Å². The number of pyridine rings is 1. The van der Waals surface area contributed by atoms with Crippen LogP contribution < -0.4 is 5.56 Å². The van der Waals surface area contributed by atoms with Gasteiger partial charge in [0.25, 0.3) is 11.5 Å². The topological polar surface area (TPSA) is 73.0 Å². The molecule has 11 heteroatoms. The molecule has 2 unspecified atom stereocenters. The van der Waals surface area contributed by atoms with Gasteiger partial charge in [0, 0.05) is 42.7 Å². The first-order valence-electron chi connectivity index (χ1n) is 9.79. The van der Waals surface area contributed by atoms with E-state index in [0.717, 1.165) is 34.2 Å². The number of halogens is 3. The minimum atomic E-state index is -4.58. The van der Waals surface area contributed by atoms with E-state index < -0.39 is 11.9 Å². The maximum atomic E-state index is 13.3. The van der Waals surface area contributed by atoms with Gasteiger partial charge in [-0.05, 0) is 31.4 Å². The number of amides is 1. The van der Waals surface area contributed by atoms with Gasteiger partial charge in [0.1, 0.15) is 5.69 Å². The Morgan fingerprint density at radius 3 is 2.81 bits per heavy atom. The van der Waals surface area contributed by atoms with Crippen LogP contribution in [0.15, 0.2) is 34.4 Å². The highest BCUT2D eigenvalue weighted by Crippen LogP contribution is 2.36. The lowest BCUT2D eigenvalue weighted by molar-refractivity contribution is -0.142. The monoisotopic (exact) mass is 449 g/mol. The second-order valence-corrected chi connectivity index (χ2v) is 8.84. The predicted octanol–water partition coefficient (Wildman–Crippen LogP) is 3.08. The van der Waals surface area contributed by atoms with Crippen LogP contribution in [0.1, 0.15) is 39.9 Å². The lowest BCUT2D eigenvalue weighted by Gasteiger charge is -2.42. The molecule has 2 atom stereocenters. The normalized spacial score (nSPS) is 20.6. The molecule has 162 valence electrons. The standard InChI is InChI=1S/C20H18F3N5O2S/c1-11-5-16(20(21,22)23)28(25-11)19-24-14(10-31-19)18(30)26-7-12-6-13(9-26)15-3-2-4-17(29)27(15)8-12/h2-5,10,12-13H,6-9H2,1H3. The number of rotatable bonds is 2. The summed E-state index contributed by atoms with van der Waals surface area (Å²) in [4.78, 5) is 31.1. The maximum Gasteiger partial charge on any atom is 0.433 e. The smallest absolute Gasteiger partial charge is 0.336 e. The van der Waals surface area contributed by atoms with Crippen LogP contribution in [0.5, 0.6) is 0 Å². The fourth-order valence-corrected chi connectivity index (χ4v) is 5.29. The minimum Gasteiger partial charge on any atom is -0.336 e. The number of nitrogens with zero attached hydrogens (tertiary/aromatic N) is 5. The van der Waals surface area contributed by atoms with E-state index in [2.05, 4.69) is 10.1 Å². The SMILES string of the molecule is Cc1cc(C(F)(F)F)n(-c2nc(C(=O)N3CC4CC(C3)c3cccc(=O)n3C4)cs2)n1. The number of fused-ring (bicyclic) bond motifs is 4. The summed E-state index contributed by atoms with van der Waals surface area (Å²) in [6, 6.07) is 6.13. The lowest BCUT2D eigenvalue weighted by atomic mass is 9.83. The first-order chi connectivity index (χ1) is 14.7. The van der Waals surface area contributed by atoms with Crippen molar-refractivity contribution in [3.63, 3.8) is 0 Å². The van der Waals surface area contributed by atoms with Crippen molar-refractivity contribution in [1.29, 1.82) is 0 Å². The number of likely N-dealkylation sites (tertiary alicyclic amines) is 1. The first-order valence-corrected chi connectivity index (χ1v) is 10.7. The highest BCUT2D eigenvalue weighted by Gasteiger charge is 2.38. The zero-order valence-corrected chi connectivity index (χ0v) is 17.3. The third-order valence-electron chi connectivity index (χ3n) is 5.78. The molecule has 2 bridgehead atoms. The van der Waals surface area contributed by atoms with Crippen molar-refractivity contribution in [1.82, 2.24) is 24.2 Å². The number of alkyl halides is 3. The molecule has 5 heterocycles. The second kappa shape index (κ2) is 7.04. The molecule has 0 aromatic carbocycles. The number of thiazole rings is 1. The van der Waals surface area contributed by atoms with Crippen molar-refractivity contribution in [2.75, 3.05) is 13.1 Å². The van der Waals surface area contributed by atoms with Crippen LogP contribution in [0, 0.1) is 12.8 Å². The number of carbonyl (C=O) groups excluding carboxylic acids is 1. The van der Waals surface area contributed by atoms with Gasteiger partial charge >= 0.3 is 6.18 Å². The van der Waals surface area contributed by atoms with E-state index in [1.807, 2.05) is 6.07 Å². The minimum absolute atomic E-state index is 0.00197. The molecule has 5 rings (SSSR count). The molecule has 31 heavy (non-hydrogen) atoms. The highest BCUT2D eigenvalue weighted by molar-refractivity contribution is 7.12. The van der Waals surface area contributed by atoms with Gasteiger partial charge in [-0.3, -0.25) is 9.59 Å². The Bertz CT molecular complexity index is 1230. The van der Waals surface area contributed by atoms with Crippen molar-refractivity contribution in [3.05, 3.63) is 62.8 Å². The van der Waals surface area contributed by atoms with Crippen molar-refractivity contribution in [2.45, 2.75) is 32.0 Å². The molecule has 1 saturated heterocycles. The summed E-state index contributed by atoms with van der Waals surface area (Å²) in [5.41, 5.74) is 0.279. The van der Waals surface area contributed by atoms with E-state index in [9.17, 15) is 22.8 Å². The van der Waals surface area contributed by atoms with Gasteiger partial charge in [-0.1, -0.05) is 6.07 Å². The van der Waals surface area contributed by atoms with Gasteiger partial charge < -0.3 is 9.47 Å². The zero-order chi connectivity index (χ0) is 21.9. The first kappa shape index (κ1) is 20.0. The van der Waals surface area contributed by atoms with E-state index in [1.54, 1.807) is 15.5 Å². The van der Waals surface area contributed by atoms with Crippen LogP contribution in [0.4, 0.5) is 13.2 Å². The largest absolute Gasteiger partial charge is 0.433 e. The van der Waals surface area contributed by atoms with Crippen molar-refractivity contribution in [2.24, 2.45) is 5.92 Å². The molecule has 0 radical (unpaired) electrons. The predicted molar refractivity (Wildman–Crippen MR) is 106 cm³/mol. The fourth-order valence-electron chi connectivity index (χ4n) is 4.53. The Balaban J connectivity index is 1.41. The van der Waals surface area contributed by atoms with E-state index in [1.165, 1.54) is 18.4 Å². The summed E-state index contributed by atoms with van der Waals surface area (Å²) in [7, 11) is 0. The average molecular weight is 449 g/mol. The summed E-state index contributed by atoms with van der Waals surface area (Å²) < 4.78 is 42.4. The quantitative estimate of drug-likeness (QED) is 0.603. The van der Waals surface area contributed by atoms with Crippen molar-refractivity contribution >= 4 is 17.2 Å². The number of hydrogen-bond donors (Lipinski definition) is 0. The summed E-state index contributed by atoms with van der Waals surface area (Å²) in [5.74, 6) is -0.116. The Labute approximate surface area is 178 Å².